The fraction of sp³-hybridized carbons (Fsp3) is 0.588. The SMILES string of the molecule is CCCC1CCC(C#N)C(SCc2ccccc2)C1. The zero-order chi connectivity index (χ0) is 13.5. The van der Waals surface area contributed by atoms with E-state index in [1.165, 1.54) is 31.2 Å². The van der Waals surface area contributed by atoms with Gasteiger partial charge < -0.3 is 0 Å². The Morgan fingerprint density at radius 2 is 2.05 bits per heavy atom. The summed E-state index contributed by atoms with van der Waals surface area (Å²) in [5.74, 6) is 2.16. The molecule has 0 radical (unpaired) electrons. The van der Waals surface area contributed by atoms with E-state index in [1.54, 1.807) is 0 Å². The monoisotopic (exact) mass is 273 g/mol. The van der Waals surface area contributed by atoms with Gasteiger partial charge in [-0.05, 0) is 30.7 Å². The third-order valence-corrected chi connectivity index (χ3v) is 5.52. The molecule has 0 spiro atoms. The second kappa shape index (κ2) is 7.60. The first-order valence-electron chi connectivity index (χ1n) is 7.38. The van der Waals surface area contributed by atoms with Crippen molar-refractivity contribution in [1.82, 2.24) is 0 Å². The highest BCUT2D eigenvalue weighted by Crippen LogP contribution is 2.39. The molecule has 0 N–H and O–H groups in total. The number of nitrogens with zero attached hydrogens (tertiary/aromatic N) is 1. The minimum atomic E-state index is 0.266. The van der Waals surface area contributed by atoms with Crippen LogP contribution in [0.5, 0.6) is 0 Å². The first kappa shape index (κ1) is 14.5. The van der Waals surface area contributed by atoms with Gasteiger partial charge in [-0.25, -0.2) is 0 Å². The lowest BCUT2D eigenvalue weighted by Crippen LogP contribution is -2.26. The van der Waals surface area contributed by atoms with Crippen molar-refractivity contribution in [3.63, 3.8) is 0 Å². The average Bonchev–Trinajstić information content (AvgIpc) is 2.47. The molecule has 102 valence electrons. The molecule has 0 bridgehead atoms. The van der Waals surface area contributed by atoms with Gasteiger partial charge in [0.1, 0.15) is 0 Å². The Hall–Kier alpha value is -0.940. The minimum Gasteiger partial charge on any atom is -0.198 e. The van der Waals surface area contributed by atoms with Gasteiger partial charge in [-0.15, -0.1) is 0 Å². The van der Waals surface area contributed by atoms with E-state index in [0.717, 1.165) is 18.1 Å². The molecule has 1 aliphatic carbocycles. The maximum absolute atomic E-state index is 9.31. The Balaban J connectivity index is 1.90. The molecule has 0 heterocycles. The summed E-state index contributed by atoms with van der Waals surface area (Å²) < 4.78 is 0. The summed E-state index contributed by atoms with van der Waals surface area (Å²) in [4.78, 5) is 0. The molecule has 0 amide bonds. The number of nitriles is 1. The highest BCUT2D eigenvalue weighted by atomic mass is 32.2. The predicted molar refractivity (Wildman–Crippen MR) is 82.9 cm³/mol. The summed E-state index contributed by atoms with van der Waals surface area (Å²) in [6.45, 7) is 2.27. The zero-order valence-electron chi connectivity index (χ0n) is 11.7. The van der Waals surface area contributed by atoms with Gasteiger partial charge in [0.15, 0.2) is 0 Å². The molecule has 1 aliphatic rings. The summed E-state index contributed by atoms with van der Waals surface area (Å²) in [6, 6.07) is 13.1. The van der Waals surface area contributed by atoms with E-state index in [4.69, 9.17) is 0 Å². The van der Waals surface area contributed by atoms with Gasteiger partial charge in [0.05, 0.1) is 12.0 Å². The van der Waals surface area contributed by atoms with Gasteiger partial charge in [0, 0.05) is 11.0 Å². The Morgan fingerprint density at radius 1 is 1.26 bits per heavy atom. The average molecular weight is 273 g/mol. The van der Waals surface area contributed by atoms with E-state index in [9.17, 15) is 5.26 Å². The fourth-order valence-electron chi connectivity index (χ4n) is 2.99. The molecule has 0 saturated heterocycles. The number of rotatable bonds is 5. The molecule has 3 unspecified atom stereocenters. The van der Waals surface area contributed by atoms with Crippen molar-refractivity contribution in [2.45, 2.75) is 50.0 Å². The molecular weight excluding hydrogens is 250 g/mol. The zero-order valence-corrected chi connectivity index (χ0v) is 12.5. The van der Waals surface area contributed by atoms with Crippen molar-refractivity contribution in [1.29, 1.82) is 5.26 Å². The van der Waals surface area contributed by atoms with E-state index in [2.05, 4.69) is 43.3 Å². The van der Waals surface area contributed by atoms with Crippen LogP contribution in [0.2, 0.25) is 0 Å². The van der Waals surface area contributed by atoms with Crippen molar-refractivity contribution >= 4 is 11.8 Å². The van der Waals surface area contributed by atoms with E-state index in [-0.39, 0.29) is 5.92 Å². The molecule has 3 atom stereocenters. The molecule has 19 heavy (non-hydrogen) atoms. The van der Waals surface area contributed by atoms with E-state index in [0.29, 0.717) is 5.25 Å². The number of hydrogen-bond donors (Lipinski definition) is 0. The molecule has 1 nitrogen and oxygen atoms in total. The minimum absolute atomic E-state index is 0.266. The Labute approximate surface area is 121 Å². The number of thioether (sulfide) groups is 1. The first-order chi connectivity index (χ1) is 9.33. The highest BCUT2D eigenvalue weighted by Gasteiger charge is 2.30. The van der Waals surface area contributed by atoms with E-state index >= 15 is 0 Å². The van der Waals surface area contributed by atoms with Gasteiger partial charge in [-0.1, -0.05) is 50.1 Å². The van der Waals surface area contributed by atoms with Crippen LogP contribution in [0.3, 0.4) is 0 Å². The van der Waals surface area contributed by atoms with Crippen LogP contribution in [0.15, 0.2) is 30.3 Å². The van der Waals surface area contributed by atoms with E-state index < -0.39 is 0 Å². The molecular formula is C17H23NS. The highest BCUT2D eigenvalue weighted by molar-refractivity contribution is 7.99. The van der Waals surface area contributed by atoms with Crippen molar-refractivity contribution in [3.8, 4) is 6.07 Å². The van der Waals surface area contributed by atoms with Crippen molar-refractivity contribution in [2.75, 3.05) is 0 Å². The molecule has 0 aliphatic heterocycles. The van der Waals surface area contributed by atoms with Gasteiger partial charge >= 0.3 is 0 Å². The summed E-state index contributed by atoms with van der Waals surface area (Å²) >= 11 is 1.99. The lowest BCUT2D eigenvalue weighted by molar-refractivity contribution is 0.307. The molecule has 2 rings (SSSR count). The molecule has 1 fully saturated rings. The van der Waals surface area contributed by atoms with Crippen LogP contribution in [0.25, 0.3) is 0 Å². The van der Waals surface area contributed by atoms with Gasteiger partial charge in [0.2, 0.25) is 0 Å². The van der Waals surface area contributed by atoms with Crippen LogP contribution < -0.4 is 0 Å². The Bertz CT molecular complexity index is 409. The number of hydrogen-bond acceptors (Lipinski definition) is 2. The van der Waals surface area contributed by atoms with Crippen molar-refractivity contribution in [3.05, 3.63) is 35.9 Å². The molecule has 1 aromatic rings. The Kier molecular flexibility index (Phi) is 5.79. The number of benzene rings is 1. The fourth-order valence-corrected chi connectivity index (χ4v) is 4.43. The van der Waals surface area contributed by atoms with Crippen LogP contribution in [0.4, 0.5) is 0 Å². The lowest BCUT2D eigenvalue weighted by atomic mass is 9.80. The summed E-state index contributed by atoms with van der Waals surface area (Å²) in [5.41, 5.74) is 1.38. The maximum atomic E-state index is 9.31. The summed E-state index contributed by atoms with van der Waals surface area (Å²) in [5, 5.41) is 9.85. The maximum Gasteiger partial charge on any atom is 0.0667 e. The predicted octanol–water partition coefficient (Wildman–Crippen LogP) is 5.03. The quantitative estimate of drug-likeness (QED) is 0.751. The molecule has 0 aromatic heterocycles. The third-order valence-electron chi connectivity index (χ3n) is 4.07. The van der Waals surface area contributed by atoms with Crippen LogP contribution in [-0.2, 0) is 5.75 Å². The van der Waals surface area contributed by atoms with Crippen LogP contribution in [0.1, 0.15) is 44.6 Å². The smallest absolute Gasteiger partial charge is 0.0667 e. The molecule has 1 saturated carbocycles. The molecule has 1 aromatic carbocycles. The summed E-state index contributed by atoms with van der Waals surface area (Å²) in [7, 11) is 0. The van der Waals surface area contributed by atoms with Crippen molar-refractivity contribution in [2.24, 2.45) is 11.8 Å². The van der Waals surface area contributed by atoms with Crippen LogP contribution in [-0.4, -0.2) is 5.25 Å². The summed E-state index contributed by atoms with van der Waals surface area (Å²) in [6.07, 6.45) is 6.21. The van der Waals surface area contributed by atoms with Crippen molar-refractivity contribution < 1.29 is 0 Å². The normalized spacial score (nSPS) is 26.8. The van der Waals surface area contributed by atoms with Gasteiger partial charge in [-0.3, -0.25) is 0 Å². The van der Waals surface area contributed by atoms with Crippen LogP contribution >= 0.6 is 11.8 Å². The van der Waals surface area contributed by atoms with Gasteiger partial charge in [-0.2, -0.15) is 17.0 Å². The third kappa shape index (κ3) is 4.28. The second-order valence-electron chi connectivity index (χ2n) is 5.54. The first-order valence-corrected chi connectivity index (χ1v) is 8.43. The van der Waals surface area contributed by atoms with Crippen LogP contribution in [0, 0.1) is 23.2 Å². The topological polar surface area (TPSA) is 23.8 Å². The van der Waals surface area contributed by atoms with E-state index in [1.807, 2.05) is 11.8 Å². The lowest BCUT2D eigenvalue weighted by Gasteiger charge is -2.32. The standard InChI is InChI=1S/C17H23NS/c1-2-6-14-9-10-16(12-18)17(11-14)19-13-15-7-4-3-5-8-15/h3-5,7-8,14,16-17H,2,6,9-11,13H2,1H3. The van der Waals surface area contributed by atoms with Gasteiger partial charge in [0.25, 0.3) is 0 Å². The Morgan fingerprint density at radius 3 is 2.74 bits per heavy atom. The second-order valence-corrected chi connectivity index (χ2v) is 6.77. The largest absolute Gasteiger partial charge is 0.198 e. The molecule has 2 heteroatoms.